The number of carbonyl (C=O) groups excluding carboxylic acids is 4. The molecular weight excluding hydrogens is 823 g/mol. The molecule has 1 aliphatic heterocycles. The molecule has 4 amide bonds. The molecule has 18 nitrogen and oxygen atoms in total. The average Bonchev–Trinajstić information content (AvgIpc) is 3.60. The number of phenolic OH excluding ortho intramolecular Hbond substituents is 1. The van der Waals surface area contributed by atoms with Crippen LogP contribution in [0.25, 0.3) is 0 Å². The molecule has 0 saturated heterocycles. The molecule has 18 heteroatoms. The lowest BCUT2D eigenvalue weighted by Gasteiger charge is -2.13. The van der Waals surface area contributed by atoms with E-state index in [-0.39, 0.29) is 35.8 Å². The summed E-state index contributed by atoms with van der Waals surface area (Å²) in [5.41, 5.74) is 0.626. The van der Waals surface area contributed by atoms with Crippen LogP contribution in [-0.4, -0.2) is 179 Å². The van der Waals surface area contributed by atoms with E-state index in [1.807, 2.05) is 0 Å². The van der Waals surface area contributed by atoms with Crippen molar-refractivity contribution in [1.29, 1.82) is 0 Å². The monoisotopic (exact) mass is 898 g/mol. The van der Waals surface area contributed by atoms with Gasteiger partial charge in [0.05, 0.1) is 112 Å². The summed E-state index contributed by atoms with van der Waals surface area (Å²) in [6.45, 7) is 11.3. The molecule has 0 radical (unpaired) electrons. The first-order valence-electron chi connectivity index (χ1n) is 22.6. The van der Waals surface area contributed by atoms with Crippen LogP contribution in [0, 0.1) is 0 Å². The van der Waals surface area contributed by atoms with Gasteiger partial charge >= 0.3 is 0 Å². The van der Waals surface area contributed by atoms with E-state index in [9.17, 15) is 24.3 Å². The standard InChI is InChI=1S/C45H75N3O15/c49-41-13-11-40(12-14-41)47-43(51)17-24-57-28-32-61-35-37-63-39-38-62-36-34-60-31-27-56-23-9-3-7-21-54-20-6-2-8-22-55-26-30-59-33-29-58-25-18-46-42(50)10-4-1-5-19-48-44(52)15-16-45(48)53/h11-16,49H,1-10,17-39H2,(H,46,50)(H,47,51). The molecule has 1 heterocycles. The summed E-state index contributed by atoms with van der Waals surface area (Å²) in [4.78, 5) is 48.0. The van der Waals surface area contributed by atoms with Gasteiger partial charge in [-0.05, 0) is 75.6 Å². The Morgan fingerprint density at radius 1 is 0.429 bits per heavy atom. The molecule has 1 aromatic carbocycles. The van der Waals surface area contributed by atoms with E-state index < -0.39 is 0 Å². The Labute approximate surface area is 373 Å². The van der Waals surface area contributed by atoms with Gasteiger partial charge in [0, 0.05) is 63.8 Å². The number of unbranched alkanes of at least 4 members (excludes halogenated alkanes) is 6. The second-order valence-corrected chi connectivity index (χ2v) is 14.4. The highest BCUT2D eigenvalue weighted by Gasteiger charge is 2.22. The van der Waals surface area contributed by atoms with Gasteiger partial charge in [-0.2, -0.15) is 0 Å². The lowest BCUT2D eigenvalue weighted by Crippen LogP contribution is -2.31. The summed E-state index contributed by atoms with van der Waals surface area (Å²) >= 11 is 0. The molecule has 0 aromatic heterocycles. The van der Waals surface area contributed by atoms with Gasteiger partial charge in [0.1, 0.15) is 5.75 Å². The maximum absolute atomic E-state index is 11.9. The van der Waals surface area contributed by atoms with E-state index in [0.717, 1.165) is 64.8 Å². The largest absolute Gasteiger partial charge is 0.508 e. The van der Waals surface area contributed by atoms with Crippen molar-refractivity contribution in [3.63, 3.8) is 0 Å². The Morgan fingerprint density at radius 3 is 1.27 bits per heavy atom. The molecule has 1 aliphatic rings. The Hall–Kier alpha value is -3.56. The summed E-state index contributed by atoms with van der Waals surface area (Å²) < 4.78 is 55.4. The minimum absolute atomic E-state index is 0.0330. The first kappa shape index (κ1) is 55.6. The third kappa shape index (κ3) is 34.5. The van der Waals surface area contributed by atoms with Crippen LogP contribution in [0.3, 0.4) is 0 Å². The van der Waals surface area contributed by atoms with Crippen molar-refractivity contribution >= 4 is 29.3 Å². The van der Waals surface area contributed by atoms with Crippen molar-refractivity contribution in [2.75, 3.05) is 151 Å². The molecular formula is C45H75N3O15. The molecule has 0 fully saturated rings. The number of imide groups is 1. The smallest absolute Gasteiger partial charge is 0.253 e. The first-order chi connectivity index (χ1) is 31.0. The first-order valence-corrected chi connectivity index (χ1v) is 22.6. The van der Waals surface area contributed by atoms with E-state index in [4.69, 9.17) is 47.4 Å². The molecule has 3 N–H and O–H groups in total. The summed E-state index contributed by atoms with van der Waals surface area (Å²) in [7, 11) is 0. The van der Waals surface area contributed by atoms with E-state index >= 15 is 0 Å². The molecule has 0 bridgehead atoms. The number of benzene rings is 1. The van der Waals surface area contributed by atoms with Crippen LogP contribution in [0.2, 0.25) is 0 Å². The highest BCUT2D eigenvalue weighted by molar-refractivity contribution is 6.12. The Balaban J connectivity index is 1.14. The van der Waals surface area contributed by atoms with Crippen LogP contribution < -0.4 is 10.6 Å². The maximum atomic E-state index is 11.9. The molecule has 1 aromatic rings. The molecule has 2 rings (SSSR count). The summed E-state index contributed by atoms with van der Waals surface area (Å²) in [6.07, 6.45) is 11.5. The van der Waals surface area contributed by atoms with Crippen LogP contribution >= 0.6 is 0 Å². The molecule has 0 spiro atoms. The molecule has 0 unspecified atom stereocenters. The number of nitrogens with zero attached hydrogens (tertiary/aromatic N) is 1. The number of hydrogen-bond acceptors (Lipinski definition) is 15. The third-order valence-electron chi connectivity index (χ3n) is 9.14. The topological polar surface area (TPSA) is 208 Å². The van der Waals surface area contributed by atoms with Gasteiger partial charge in [-0.1, -0.05) is 6.42 Å². The molecule has 0 saturated carbocycles. The van der Waals surface area contributed by atoms with Gasteiger partial charge < -0.3 is 63.1 Å². The quantitative estimate of drug-likeness (QED) is 0.0483. The van der Waals surface area contributed by atoms with Gasteiger partial charge in [-0.15, -0.1) is 0 Å². The zero-order valence-electron chi connectivity index (χ0n) is 37.4. The number of hydrogen-bond donors (Lipinski definition) is 3. The van der Waals surface area contributed by atoms with E-state index in [1.54, 1.807) is 12.1 Å². The van der Waals surface area contributed by atoms with Crippen LogP contribution in [0.5, 0.6) is 5.75 Å². The van der Waals surface area contributed by atoms with Gasteiger partial charge in [-0.3, -0.25) is 24.1 Å². The predicted molar refractivity (Wildman–Crippen MR) is 235 cm³/mol. The third-order valence-corrected chi connectivity index (χ3v) is 9.14. The van der Waals surface area contributed by atoms with Crippen molar-refractivity contribution in [3.05, 3.63) is 36.4 Å². The zero-order valence-corrected chi connectivity index (χ0v) is 37.4. The lowest BCUT2D eigenvalue weighted by atomic mass is 10.2. The normalized spacial score (nSPS) is 12.5. The van der Waals surface area contributed by atoms with Crippen LogP contribution in [0.4, 0.5) is 5.69 Å². The highest BCUT2D eigenvalue weighted by atomic mass is 16.6. The fourth-order valence-electron chi connectivity index (χ4n) is 5.68. The highest BCUT2D eigenvalue weighted by Crippen LogP contribution is 2.14. The molecule has 360 valence electrons. The van der Waals surface area contributed by atoms with Crippen LogP contribution in [-0.2, 0) is 66.5 Å². The molecule has 0 aliphatic carbocycles. The van der Waals surface area contributed by atoms with E-state index in [1.165, 1.54) is 29.2 Å². The summed E-state index contributed by atoms with van der Waals surface area (Å²) in [5.74, 6) is -0.577. The van der Waals surface area contributed by atoms with E-state index in [2.05, 4.69) is 10.6 Å². The van der Waals surface area contributed by atoms with Gasteiger partial charge in [0.2, 0.25) is 11.8 Å². The SMILES string of the molecule is O=C(CCCCCN1C(=O)C=CC1=O)NCCOCCOCCOCCCCCOCCCCCOCCOCCOCCOCCOCCOCCC(=O)Nc1ccc(O)cc1. The van der Waals surface area contributed by atoms with Crippen LogP contribution in [0.1, 0.15) is 70.6 Å². The van der Waals surface area contributed by atoms with Crippen LogP contribution in [0.15, 0.2) is 36.4 Å². The number of aromatic hydroxyl groups is 1. The molecule has 63 heavy (non-hydrogen) atoms. The number of nitrogens with one attached hydrogen (secondary N) is 2. The Morgan fingerprint density at radius 2 is 0.810 bits per heavy atom. The average molecular weight is 898 g/mol. The number of ether oxygens (including phenoxy) is 10. The van der Waals surface area contributed by atoms with Crippen molar-refractivity contribution in [2.24, 2.45) is 0 Å². The fraction of sp³-hybridized carbons (Fsp3) is 0.733. The lowest BCUT2D eigenvalue weighted by molar-refractivity contribution is -0.137. The Kier molecular flexibility index (Phi) is 36.3. The molecule has 0 atom stereocenters. The summed E-state index contributed by atoms with van der Waals surface area (Å²) in [6, 6.07) is 6.29. The number of phenols is 1. The fourth-order valence-corrected chi connectivity index (χ4v) is 5.68. The second kappa shape index (κ2) is 41.2. The Bertz CT molecular complexity index is 1300. The van der Waals surface area contributed by atoms with Crippen molar-refractivity contribution in [2.45, 2.75) is 70.6 Å². The number of carbonyl (C=O) groups is 4. The van der Waals surface area contributed by atoms with Crippen molar-refractivity contribution in [1.82, 2.24) is 10.2 Å². The van der Waals surface area contributed by atoms with Gasteiger partial charge in [-0.25, -0.2) is 0 Å². The van der Waals surface area contributed by atoms with Gasteiger partial charge in [0.25, 0.3) is 11.8 Å². The zero-order chi connectivity index (χ0) is 45.1. The number of amides is 4. The van der Waals surface area contributed by atoms with Gasteiger partial charge in [0.15, 0.2) is 0 Å². The van der Waals surface area contributed by atoms with Crippen molar-refractivity contribution < 1.29 is 71.7 Å². The second-order valence-electron chi connectivity index (χ2n) is 14.4. The maximum Gasteiger partial charge on any atom is 0.253 e. The minimum Gasteiger partial charge on any atom is -0.508 e. The number of anilines is 1. The van der Waals surface area contributed by atoms with Crippen molar-refractivity contribution in [3.8, 4) is 5.75 Å². The minimum atomic E-state index is -0.268. The summed E-state index contributed by atoms with van der Waals surface area (Å²) in [5, 5.41) is 14.8. The predicted octanol–water partition coefficient (Wildman–Crippen LogP) is 3.83. The number of rotatable bonds is 46. The van der Waals surface area contributed by atoms with E-state index in [0.29, 0.717) is 150 Å².